The summed E-state index contributed by atoms with van der Waals surface area (Å²) in [6, 6.07) is 6.65. The molecule has 0 unspecified atom stereocenters. The number of carboxylic acids is 1. The average molecular weight is 224 g/mol. The largest absolute Gasteiger partial charge is 0.476 e. The van der Waals surface area contributed by atoms with E-state index >= 15 is 0 Å². The molecule has 5 nitrogen and oxygen atoms in total. The maximum atomic E-state index is 10.8. The predicted octanol–water partition coefficient (Wildman–Crippen LogP) is 1.62. The van der Waals surface area contributed by atoms with E-state index in [-0.39, 0.29) is 5.69 Å². The van der Waals surface area contributed by atoms with Crippen LogP contribution in [0.4, 0.5) is 0 Å². The van der Waals surface area contributed by atoms with E-state index in [2.05, 4.69) is 10.3 Å². The monoisotopic (exact) mass is 223 g/mol. The molecular formula is C9H6ClN3O2. The Balaban J connectivity index is 2.49. The zero-order valence-electron chi connectivity index (χ0n) is 7.46. The Kier molecular flexibility index (Phi) is 2.39. The molecule has 0 aliphatic rings. The second kappa shape index (κ2) is 3.70. The molecule has 0 saturated carbocycles. The Bertz CT molecular complexity index is 492. The van der Waals surface area contributed by atoms with Gasteiger partial charge in [-0.15, -0.1) is 5.10 Å². The number of hydrogen-bond donors (Lipinski definition) is 1. The van der Waals surface area contributed by atoms with Crippen molar-refractivity contribution in [2.75, 3.05) is 0 Å². The molecule has 2 aromatic rings. The van der Waals surface area contributed by atoms with Crippen LogP contribution in [0.1, 0.15) is 10.5 Å². The zero-order valence-corrected chi connectivity index (χ0v) is 8.22. The summed E-state index contributed by atoms with van der Waals surface area (Å²) in [5.74, 6) is -1.07. The second-order valence-corrected chi connectivity index (χ2v) is 3.25. The van der Waals surface area contributed by atoms with Crippen molar-refractivity contribution >= 4 is 17.6 Å². The summed E-state index contributed by atoms with van der Waals surface area (Å²) in [6.45, 7) is 0. The molecular weight excluding hydrogens is 218 g/mol. The molecule has 1 aromatic heterocycles. The number of carboxylic acid groups (broad SMARTS) is 1. The lowest BCUT2D eigenvalue weighted by Gasteiger charge is -2.02. The quantitative estimate of drug-likeness (QED) is 0.840. The zero-order chi connectivity index (χ0) is 10.8. The Morgan fingerprint density at radius 3 is 2.60 bits per heavy atom. The summed E-state index contributed by atoms with van der Waals surface area (Å²) >= 11 is 5.71. The van der Waals surface area contributed by atoms with Gasteiger partial charge in [-0.1, -0.05) is 16.8 Å². The number of aromatic carboxylic acids is 1. The Labute approximate surface area is 89.9 Å². The van der Waals surface area contributed by atoms with Crippen molar-refractivity contribution in [2.45, 2.75) is 0 Å². The van der Waals surface area contributed by atoms with Crippen LogP contribution in [-0.4, -0.2) is 26.1 Å². The molecule has 76 valence electrons. The smallest absolute Gasteiger partial charge is 0.356 e. The maximum Gasteiger partial charge on any atom is 0.356 e. The molecule has 0 spiro atoms. The summed E-state index contributed by atoms with van der Waals surface area (Å²) in [5.41, 5.74) is 0.617. The summed E-state index contributed by atoms with van der Waals surface area (Å²) < 4.78 is 1.23. The molecule has 1 aromatic carbocycles. The molecule has 0 amide bonds. The van der Waals surface area contributed by atoms with E-state index in [0.717, 1.165) is 0 Å². The van der Waals surface area contributed by atoms with Gasteiger partial charge in [0.1, 0.15) is 0 Å². The molecule has 0 atom stereocenters. The lowest BCUT2D eigenvalue weighted by Crippen LogP contribution is -2.07. The minimum absolute atomic E-state index is 0.0114. The van der Waals surface area contributed by atoms with Gasteiger partial charge in [0.25, 0.3) is 0 Å². The fourth-order valence-corrected chi connectivity index (χ4v) is 1.28. The van der Waals surface area contributed by atoms with E-state index in [1.54, 1.807) is 24.3 Å². The third-order valence-corrected chi connectivity index (χ3v) is 2.09. The first-order chi connectivity index (χ1) is 7.18. The van der Waals surface area contributed by atoms with E-state index in [4.69, 9.17) is 16.7 Å². The summed E-state index contributed by atoms with van der Waals surface area (Å²) in [6.07, 6.45) is 1.19. The van der Waals surface area contributed by atoms with Crippen LogP contribution in [0, 0.1) is 0 Å². The third-order valence-electron chi connectivity index (χ3n) is 1.84. The van der Waals surface area contributed by atoms with Crippen molar-refractivity contribution < 1.29 is 9.90 Å². The van der Waals surface area contributed by atoms with E-state index in [1.165, 1.54) is 10.9 Å². The van der Waals surface area contributed by atoms with Crippen LogP contribution in [0.15, 0.2) is 30.5 Å². The van der Waals surface area contributed by atoms with Crippen molar-refractivity contribution in [3.63, 3.8) is 0 Å². The molecule has 0 aliphatic carbocycles. The molecule has 0 fully saturated rings. The molecule has 2 rings (SSSR count). The Morgan fingerprint density at radius 1 is 1.33 bits per heavy atom. The molecule has 0 saturated heterocycles. The standard InChI is InChI=1S/C9H6ClN3O2/c10-6-1-3-7(4-2-6)13-8(9(14)15)5-11-12-13/h1-5H,(H,14,15). The highest BCUT2D eigenvalue weighted by Crippen LogP contribution is 2.13. The van der Waals surface area contributed by atoms with Crippen LogP contribution in [0.2, 0.25) is 5.02 Å². The van der Waals surface area contributed by atoms with Crippen LogP contribution in [0.5, 0.6) is 0 Å². The van der Waals surface area contributed by atoms with E-state index in [9.17, 15) is 4.79 Å². The number of carbonyl (C=O) groups is 1. The summed E-state index contributed by atoms with van der Waals surface area (Å²) in [7, 11) is 0. The molecule has 1 N–H and O–H groups in total. The van der Waals surface area contributed by atoms with Crippen molar-refractivity contribution in [2.24, 2.45) is 0 Å². The lowest BCUT2D eigenvalue weighted by atomic mass is 10.3. The van der Waals surface area contributed by atoms with Crippen LogP contribution in [-0.2, 0) is 0 Å². The van der Waals surface area contributed by atoms with Crippen molar-refractivity contribution in [1.82, 2.24) is 15.0 Å². The molecule has 0 aliphatic heterocycles. The first-order valence-electron chi connectivity index (χ1n) is 4.08. The van der Waals surface area contributed by atoms with Crippen molar-refractivity contribution in [3.8, 4) is 5.69 Å². The van der Waals surface area contributed by atoms with Gasteiger partial charge in [-0.05, 0) is 24.3 Å². The molecule has 6 heteroatoms. The van der Waals surface area contributed by atoms with Gasteiger partial charge in [0.15, 0.2) is 5.69 Å². The van der Waals surface area contributed by atoms with Gasteiger partial charge in [-0.25, -0.2) is 9.48 Å². The van der Waals surface area contributed by atoms with Gasteiger partial charge in [-0.2, -0.15) is 0 Å². The van der Waals surface area contributed by atoms with Gasteiger partial charge in [0.05, 0.1) is 11.9 Å². The van der Waals surface area contributed by atoms with Gasteiger partial charge in [-0.3, -0.25) is 0 Å². The van der Waals surface area contributed by atoms with Gasteiger partial charge in [0.2, 0.25) is 0 Å². The number of rotatable bonds is 2. The Hall–Kier alpha value is -1.88. The normalized spacial score (nSPS) is 10.2. The lowest BCUT2D eigenvalue weighted by molar-refractivity contribution is 0.0687. The van der Waals surface area contributed by atoms with Crippen LogP contribution in [0.25, 0.3) is 5.69 Å². The second-order valence-electron chi connectivity index (χ2n) is 2.81. The molecule has 15 heavy (non-hydrogen) atoms. The number of benzene rings is 1. The average Bonchev–Trinajstić information content (AvgIpc) is 2.67. The fourth-order valence-electron chi connectivity index (χ4n) is 1.15. The molecule has 0 radical (unpaired) electrons. The highest BCUT2D eigenvalue weighted by molar-refractivity contribution is 6.30. The first-order valence-corrected chi connectivity index (χ1v) is 4.46. The topological polar surface area (TPSA) is 68.0 Å². The van der Waals surface area contributed by atoms with E-state index in [1.807, 2.05) is 0 Å². The summed E-state index contributed by atoms with van der Waals surface area (Å²) in [4.78, 5) is 10.8. The molecule has 1 heterocycles. The van der Waals surface area contributed by atoms with Crippen LogP contribution < -0.4 is 0 Å². The van der Waals surface area contributed by atoms with E-state index in [0.29, 0.717) is 10.7 Å². The minimum Gasteiger partial charge on any atom is -0.476 e. The van der Waals surface area contributed by atoms with Crippen molar-refractivity contribution in [1.29, 1.82) is 0 Å². The minimum atomic E-state index is -1.07. The van der Waals surface area contributed by atoms with Crippen LogP contribution in [0.3, 0.4) is 0 Å². The first kappa shape index (κ1) is 9.67. The fraction of sp³-hybridized carbons (Fsp3) is 0. The number of hydrogen-bond acceptors (Lipinski definition) is 3. The number of nitrogens with zero attached hydrogens (tertiary/aromatic N) is 3. The number of halogens is 1. The predicted molar refractivity (Wildman–Crippen MR) is 53.3 cm³/mol. The molecule has 0 bridgehead atoms. The van der Waals surface area contributed by atoms with Crippen LogP contribution >= 0.6 is 11.6 Å². The van der Waals surface area contributed by atoms with E-state index < -0.39 is 5.97 Å². The SMILES string of the molecule is O=C(O)c1cnnn1-c1ccc(Cl)cc1. The highest BCUT2D eigenvalue weighted by atomic mass is 35.5. The highest BCUT2D eigenvalue weighted by Gasteiger charge is 2.12. The third kappa shape index (κ3) is 1.82. The van der Waals surface area contributed by atoms with Gasteiger partial charge in [0, 0.05) is 5.02 Å². The number of aromatic nitrogens is 3. The van der Waals surface area contributed by atoms with Gasteiger partial charge < -0.3 is 5.11 Å². The Morgan fingerprint density at radius 2 is 2.00 bits per heavy atom. The summed E-state index contributed by atoms with van der Waals surface area (Å²) in [5, 5.41) is 16.6. The van der Waals surface area contributed by atoms with Crippen molar-refractivity contribution in [3.05, 3.63) is 41.2 Å². The van der Waals surface area contributed by atoms with Gasteiger partial charge >= 0.3 is 5.97 Å². The maximum absolute atomic E-state index is 10.8.